The molecule has 138 valence electrons. The lowest BCUT2D eigenvalue weighted by molar-refractivity contribution is -0.123. The molecule has 5 heteroatoms. The molecule has 0 heterocycles. The van der Waals surface area contributed by atoms with Gasteiger partial charge in [0.1, 0.15) is 6.04 Å². The molecule has 0 aliphatic heterocycles. The summed E-state index contributed by atoms with van der Waals surface area (Å²) in [6, 6.07) is 12.2. The number of hydrogen-bond donors (Lipinski definition) is 3. The van der Waals surface area contributed by atoms with Crippen molar-refractivity contribution in [3.8, 4) is 0 Å². The SMILES string of the molecule is Cc1ccc(C(N)C(=O)Nc2ccc(C)c(NC(=O)C(C)(C)C)c2)cc1. The highest BCUT2D eigenvalue weighted by Crippen LogP contribution is 2.24. The molecule has 0 aliphatic rings. The van der Waals surface area contributed by atoms with Crippen LogP contribution in [0.3, 0.4) is 0 Å². The minimum atomic E-state index is -0.760. The largest absolute Gasteiger partial charge is 0.325 e. The topological polar surface area (TPSA) is 84.2 Å². The maximum Gasteiger partial charge on any atom is 0.245 e. The zero-order valence-electron chi connectivity index (χ0n) is 16.0. The van der Waals surface area contributed by atoms with E-state index in [-0.39, 0.29) is 11.8 Å². The monoisotopic (exact) mass is 353 g/mol. The van der Waals surface area contributed by atoms with Crippen molar-refractivity contribution in [1.82, 2.24) is 0 Å². The highest BCUT2D eigenvalue weighted by molar-refractivity contribution is 5.98. The first-order valence-electron chi connectivity index (χ1n) is 8.63. The number of carbonyl (C=O) groups excluding carboxylic acids is 2. The number of carbonyl (C=O) groups is 2. The van der Waals surface area contributed by atoms with Crippen LogP contribution < -0.4 is 16.4 Å². The number of aryl methyl sites for hydroxylation is 2. The normalized spacial score (nSPS) is 12.4. The molecule has 2 aromatic rings. The van der Waals surface area contributed by atoms with E-state index in [0.717, 1.165) is 16.7 Å². The summed E-state index contributed by atoms with van der Waals surface area (Å²) in [6.45, 7) is 9.44. The minimum Gasteiger partial charge on any atom is -0.325 e. The third-order valence-electron chi connectivity index (χ3n) is 4.15. The Bertz CT molecular complexity index is 805. The fourth-order valence-electron chi connectivity index (χ4n) is 2.29. The molecule has 0 radical (unpaired) electrons. The van der Waals surface area contributed by atoms with E-state index in [0.29, 0.717) is 11.4 Å². The number of nitrogens with one attached hydrogen (secondary N) is 2. The second-order valence-electron chi connectivity index (χ2n) is 7.61. The predicted molar refractivity (Wildman–Crippen MR) is 106 cm³/mol. The van der Waals surface area contributed by atoms with Gasteiger partial charge >= 0.3 is 0 Å². The molecule has 0 aliphatic carbocycles. The number of hydrogen-bond acceptors (Lipinski definition) is 3. The second kappa shape index (κ2) is 7.70. The Balaban J connectivity index is 2.14. The second-order valence-corrected chi connectivity index (χ2v) is 7.61. The maximum atomic E-state index is 12.5. The average molecular weight is 353 g/mol. The minimum absolute atomic E-state index is 0.0829. The highest BCUT2D eigenvalue weighted by Gasteiger charge is 2.22. The summed E-state index contributed by atoms with van der Waals surface area (Å²) >= 11 is 0. The highest BCUT2D eigenvalue weighted by atomic mass is 16.2. The Morgan fingerprint density at radius 3 is 2.15 bits per heavy atom. The van der Waals surface area contributed by atoms with Gasteiger partial charge in [-0.2, -0.15) is 0 Å². The van der Waals surface area contributed by atoms with Crippen LogP contribution >= 0.6 is 0 Å². The smallest absolute Gasteiger partial charge is 0.245 e. The zero-order chi connectivity index (χ0) is 19.5. The van der Waals surface area contributed by atoms with E-state index in [1.165, 1.54) is 0 Å². The van der Waals surface area contributed by atoms with Crippen molar-refractivity contribution >= 4 is 23.2 Å². The van der Waals surface area contributed by atoms with Crippen molar-refractivity contribution in [2.24, 2.45) is 11.1 Å². The fraction of sp³-hybridized carbons (Fsp3) is 0.333. The third-order valence-corrected chi connectivity index (χ3v) is 4.15. The molecular formula is C21H27N3O2. The van der Waals surface area contributed by atoms with Gasteiger partial charge < -0.3 is 16.4 Å². The van der Waals surface area contributed by atoms with E-state index >= 15 is 0 Å². The third kappa shape index (κ3) is 4.92. The van der Waals surface area contributed by atoms with Crippen molar-refractivity contribution in [1.29, 1.82) is 0 Å². The summed E-state index contributed by atoms with van der Waals surface area (Å²) in [5.41, 5.74) is 9.60. The molecule has 1 unspecified atom stereocenters. The van der Waals surface area contributed by atoms with Gasteiger partial charge in [-0.15, -0.1) is 0 Å². The van der Waals surface area contributed by atoms with Gasteiger partial charge in [-0.25, -0.2) is 0 Å². The Morgan fingerprint density at radius 2 is 1.58 bits per heavy atom. The zero-order valence-corrected chi connectivity index (χ0v) is 16.0. The Kier molecular flexibility index (Phi) is 5.83. The van der Waals surface area contributed by atoms with Crippen molar-refractivity contribution < 1.29 is 9.59 Å². The summed E-state index contributed by atoms with van der Waals surface area (Å²) in [4.78, 5) is 24.7. The van der Waals surface area contributed by atoms with Crippen molar-refractivity contribution in [2.75, 3.05) is 10.6 Å². The van der Waals surface area contributed by atoms with Gasteiger partial charge in [-0.05, 0) is 37.1 Å². The lowest BCUT2D eigenvalue weighted by Gasteiger charge is -2.19. The van der Waals surface area contributed by atoms with E-state index in [1.54, 1.807) is 12.1 Å². The van der Waals surface area contributed by atoms with E-state index in [9.17, 15) is 9.59 Å². The van der Waals surface area contributed by atoms with Gasteiger partial charge in [-0.3, -0.25) is 9.59 Å². The van der Waals surface area contributed by atoms with Crippen molar-refractivity contribution in [2.45, 2.75) is 40.7 Å². The molecule has 5 nitrogen and oxygen atoms in total. The molecule has 2 aromatic carbocycles. The van der Waals surface area contributed by atoms with Crippen LogP contribution in [0.4, 0.5) is 11.4 Å². The van der Waals surface area contributed by atoms with Crippen molar-refractivity contribution in [3.05, 3.63) is 59.2 Å². The first-order valence-corrected chi connectivity index (χ1v) is 8.63. The van der Waals surface area contributed by atoms with Gasteiger partial charge in [0.25, 0.3) is 0 Å². The quantitative estimate of drug-likeness (QED) is 0.779. The fourth-order valence-corrected chi connectivity index (χ4v) is 2.29. The lowest BCUT2D eigenvalue weighted by Crippen LogP contribution is -2.29. The van der Waals surface area contributed by atoms with Crippen LogP contribution in [0.25, 0.3) is 0 Å². The number of nitrogens with two attached hydrogens (primary N) is 1. The predicted octanol–water partition coefficient (Wildman–Crippen LogP) is 3.93. The van der Waals surface area contributed by atoms with Crippen LogP contribution in [0.5, 0.6) is 0 Å². The molecule has 2 amide bonds. The van der Waals surface area contributed by atoms with Crippen molar-refractivity contribution in [3.63, 3.8) is 0 Å². The number of amides is 2. The number of rotatable bonds is 4. The molecule has 0 fully saturated rings. The van der Waals surface area contributed by atoms with Crippen LogP contribution in [0.15, 0.2) is 42.5 Å². The molecule has 0 bridgehead atoms. The number of anilines is 2. The molecule has 0 saturated heterocycles. The Hall–Kier alpha value is -2.66. The summed E-state index contributed by atoms with van der Waals surface area (Å²) in [5.74, 6) is -0.383. The van der Waals surface area contributed by atoms with Gasteiger partial charge in [0.2, 0.25) is 11.8 Å². The first kappa shape index (κ1) is 19.7. The van der Waals surface area contributed by atoms with Crippen LogP contribution in [0.2, 0.25) is 0 Å². The molecule has 0 saturated carbocycles. The molecule has 0 aromatic heterocycles. The summed E-state index contributed by atoms with van der Waals surface area (Å²) in [6.07, 6.45) is 0. The van der Waals surface area contributed by atoms with Gasteiger partial charge in [0, 0.05) is 16.8 Å². The molecule has 0 spiro atoms. The van der Waals surface area contributed by atoms with E-state index < -0.39 is 11.5 Å². The van der Waals surface area contributed by atoms with Crippen LogP contribution in [0.1, 0.15) is 43.5 Å². The molecule has 26 heavy (non-hydrogen) atoms. The summed E-state index contributed by atoms with van der Waals surface area (Å²) in [7, 11) is 0. The lowest BCUT2D eigenvalue weighted by atomic mass is 9.95. The molecular weight excluding hydrogens is 326 g/mol. The van der Waals surface area contributed by atoms with E-state index in [4.69, 9.17) is 5.73 Å². The molecule has 2 rings (SSSR count). The van der Waals surface area contributed by atoms with E-state index in [1.807, 2.05) is 65.0 Å². The average Bonchev–Trinajstić information content (AvgIpc) is 2.57. The Morgan fingerprint density at radius 1 is 0.962 bits per heavy atom. The molecule has 4 N–H and O–H groups in total. The number of benzene rings is 2. The summed E-state index contributed by atoms with van der Waals surface area (Å²) < 4.78 is 0. The van der Waals surface area contributed by atoms with Crippen LogP contribution in [0, 0.1) is 19.3 Å². The van der Waals surface area contributed by atoms with Gasteiger partial charge in [-0.1, -0.05) is 56.7 Å². The standard InChI is InChI=1S/C21H27N3O2/c1-13-6-9-15(10-7-13)18(22)19(25)23-16-11-8-14(2)17(12-16)24-20(26)21(3,4)5/h6-12,18H,22H2,1-5H3,(H,23,25)(H,24,26). The summed E-state index contributed by atoms with van der Waals surface area (Å²) in [5, 5.41) is 5.73. The van der Waals surface area contributed by atoms with Crippen LogP contribution in [-0.4, -0.2) is 11.8 Å². The van der Waals surface area contributed by atoms with Gasteiger partial charge in [0.05, 0.1) is 0 Å². The molecule has 1 atom stereocenters. The van der Waals surface area contributed by atoms with Crippen LogP contribution in [-0.2, 0) is 9.59 Å². The first-order chi connectivity index (χ1) is 12.1. The maximum absolute atomic E-state index is 12.5. The Labute approximate surface area is 155 Å². The van der Waals surface area contributed by atoms with Gasteiger partial charge in [0.15, 0.2) is 0 Å². The van der Waals surface area contributed by atoms with E-state index in [2.05, 4.69) is 10.6 Å².